The number of hydrogen-bond donors (Lipinski definition) is 0. The molecule has 7 rings (SSSR count). The van der Waals surface area contributed by atoms with Gasteiger partial charge in [-0.15, -0.1) is 34.0 Å². The minimum Gasteiger partial charge on any atom is -0.235 e. The third-order valence-corrected chi connectivity index (χ3v) is 10.2. The van der Waals surface area contributed by atoms with Gasteiger partial charge in [-0.05, 0) is 37.1 Å². The molecule has 0 saturated heterocycles. The van der Waals surface area contributed by atoms with Crippen molar-refractivity contribution >= 4 is 54.2 Å². The predicted octanol–water partition coefficient (Wildman–Crippen LogP) is 10.9. The maximum absolute atomic E-state index is 5.37. The molecule has 0 saturated carbocycles. The Balaban J connectivity index is 1.45. The second-order valence-electron chi connectivity index (χ2n) is 9.20. The van der Waals surface area contributed by atoms with Gasteiger partial charge in [0.25, 0.3) is 0 Å². The average molecular weight is 530 g/mol. The van der Waals surface area contributed by atoms with Crippen LogP contribution < -0.4 is 0 Å². The lowest BCUT2D eigenvalue weighted by Gasteiger charge is -2.04. The van der Waals surface area contributed by atoms with Gasteiger partial charge in [0, 0.05) is 46.6 Å². The molecule has 0 amide bonds. The van der Waals surface area contributed by atoms with Crippen LogP contribution in [-0.4, -0.2) is 4.98 Å². The largest absolute Gasteiger partial charge is 0.235 e. The Morgan fingerprint density at radius 2 is 1.00 bits per heavy atom. The SMILES string of the molecule is Cc1sc2ccccc2c1-c1nc(-c2ccc(-c3ccccc3)cc2)sc1-c1c(C)sc2ccccc12. The van der Waals surface area contributed by atoms with Gasteiger partial charge in [-0.2, -0.15) is 0 Å². The lowest BCUT2D eigenvalue weighted by Crippen LogP contribution is -1.85. The summed E-state index contributed by atoms with van der Waals surface area (Å²) in [5, 5.41) is 3.67. The summed E-state index contributed by atoms with van der Waals surface area (Å²) in [7, 11) is 0. The smallest absolute Gasteiger partial charge is 0.124 e. The third-order valence-electron chi connectivity index (χ3n) is 6.87. The number of hydrogen-bond acceptors (Lipinski definition) is 4. The molecule has 0 aliphatic rings. The summed E-state index contributed by atoms with van der Waals surface area (Å²) in [6, 6.07) is 36.9. The van der Waals surface area contributed by atoms with E-state index in [1.807, 2.05) is 34.0 Å². The number of nitrogens with zero attached hydrogens (tertiary/aromatic N) is 1. The Morgan fingerprint density at radius 1 is 0.486 bits per heavy atom. The molecule has 3 heterocycles. The molecule has 0 fully saturated rings. The fourth-order valence-electron chi connectivity index (χ4n) is 5.13. The zero-order valence-electron chi connectivity index (χ0n) is 20.5. The van der Waals surface area contributed by atoms with Crippen LogP contribution in [0.5, 0.6) is 0 Å². The van der Waals surface area contributed by atoms with E-state index in [1.165, 1.54) is 57.1 Å². The Morgan fingerprint density at radius 3 is 1.68 bits per heavy atom. The van der Waals surface area contributed by atoms with Crippen molar-refractivity contribution < 1.29 is 0 Å². The highest BCUT2D eigenvalue weighted by molar-refractivity contribution is 7.22. The van der Waals surface area contributed by atoms with Crippen molar-refractivity contribution in [2.75, 3.05) is 0 Å². The minimum absolute atomic E-state index is 1.06. The molecule has 3 aromatic heterocycles. The maximum atomic E-state index is 5.37. The molecule has 37 heavy (non-hydrogen) atoms. The van der Waals surface area contributed by atoms with Crippen molar-refractivity contribution in [1.29, 1.82) is 0 Å². The lowest BCUT2D eigenvalue weighted by atomic mass is 10.0. The van der Waals surface area contributed by atoms with Crippen LogP contribution in [0.2, 0.25) is 0 Å². The van der Waals surface area contributed by atoms with Gasteiger partial charge in [0.05, 0.1) is 10.6 Å². The quantitative estimate of drug-likeness (QED) is 0.221. The first-order chi connectivity index (χ1) is 18.2. The molecule has 0 spiro atoms. The van der Waals surface area contributed by atoms with Gasteiger partial charge in [-0.3, -0.25) is 0 Å². The standard InChI is InChI=1S/C33H23NS3/c1-20-29(25-12-6-8-14-27(25)35-20)31-32(30-21(2)36-28-15-9-7-13-26(28)30)37-33(34-31)24-18-16-23(17-19-24)22-10-4-3-5-11-22/h3-19H,1-2H3. The van der Waals surface area contributed by atoms with Gasteiger partial charge in [0.1, 0.15) is 5.01 Å². The van der Waals surface area contributed by atoms with E-state index in [9.17, 15) is 0 Å². The van der Waals surface area contributed by atoms with E-state index in [4.69, 9.17) is 4.98 Å². The first-order valence-electron chi connectivity index (χ1n) is 12.3. The number of fused-ring (bicyclic) bond motifs is 2. The summed E-state index contributed by atoms with van der Waals surface area (Å²) in [5.74, 6) is 0. The van der Waals surface area contributed by atoms with Crippen molar-refractivity contribution in [1.82, 2.24) is 4.98 Å². The van der Waals surface area contributed by atoms with Gasteiger partial charge < -0.3 is 0 Å². The van der Waals surface area contributed by atoms with E-state index in [2.05, 4.69) is 117 Å². The van der Waals surface area contributed by atoms with Crippen LogP contribution >= 0.6 is 34.0 Å². The van der Waals surface area contributed by atoms with Gasteiger partial charge >= 0.3 is 0 Å². The van der Waals surface area contributed by atoms with E-state index in [1.54, 1.807) is 0 Å². The van der Waals surface area contributed by atoms with Crippen molar-refractivity contribution in [2.45, 2.75) is 13.8 Å². The molecular weight excluding hydrogens is 507 g/mol. The molecule has 178 valence electrons. The number of aryl methyl sites for hydroxylation is 2. The summed E-state index contributed by atoms with van der Waals surface area (Å²) < 4.78 is 2.64. The van der Waals surface area contributed by atoms with E-state index in [-0.39, 0.29) is 0 Å². The van der Waals surface area contributed by atoms with Crippen LogP contribution in [0.25, 0.3) is 63.6 Å². The molecule has 4 heteroatoms. The molecule has 0 bridgehead atoms. The second kappa shape index (κ2) is 9.07. The fraction of sp³-hybridized carbons (Fsp3) is 0.0606. The first kappa shape index (κ1) is 22.6. The summed E-state index contributed by atoms with van der Waals surface area (Å²) in [6.07, 6.45) is 0. The number of benzene rings is 4. The van der Waals surface area contributed by atoms with Crippen molar-refractivity contribution in [3.8, 4) is 43.4 Å². The molecule has 0 aliphatic carbocycles. The zero-order valence-corrected chi connectivity index (χ0v) is 22.9. The first-order valence-corrected chi connectivity index (χ1v) is 14.8. The zero-order chi connectivity index (χ0) is 24.9. The highest BCUT2D eigenvalue weighted by Gasteiger charge is 2.24. The summed E-state index contributed by atoms with van der Waals surface area (Å²) >= 11 is 5.55. The second-order valence-corrected chi connectivity index (χ2v) is 12.7. The predicted molar refractivity (Wildman–Crippen MR) is 164 cm³/mol. The number of aromatic nitrogens is 1. The molecule has 0 unspecified atom stereocenters. The third kappa shape index (κ3) is 3.84. The highest BCUT2D eigenvalue weighted by Crippen LogP contribution is 2.50. The van der Waals surface area contributed by atoms with Crippen LogP contribution in [-0.2, 0) is 0 Å². The molecule has 0 N–H and O–H groups in total. The minimum atomic E-state index is 1.06. The summed E-state index contributed by atoms with van der Waals surface area (Å²) in [5.41, 5.74) is 7.32. The van der Waals surface area contributed by atoms with Crippen LogP contribution in [0.1, 0.15) is 9.75 Å². The van der Waals surface area contributed by atoms with Crippen molar-refractivity contribution in [3.63, 3.8) is 0 Å². The lowest BCUT2D eigenvalue weighted by molar-refractivity contribution is 1.40. The summed E-state index contributed by atoms with van der Waals surface area (Å²) in [4.78, 5) is 9.29. The van der Waals surface area contributed by atoms with Gasteiger partial charge in [-0.25, -0.2) is 4.98 Å². The molecule has 4 aromatic carbocycles. The topological polar surface area (TPSA) is 12.9 Å². The number of rotatable bonds is 4. The van der Waals surface area contributed by atoms with Gasteiger partial charge in [0.15, 0.2) is 0 Å². The number of thiophene rings is 2. The van der Waals surface area contributed by atoms with E-state index >= 15 is 0 Å². The monoisotopic (exact) mass is 529 g/mol. The Labute approximate surface area is 228 Å². The van der Waals surface area contributed by atoms with E-state index in [0.717, 1.165) is 16.3 Å². The van der Waals surface area contributed by atoms with E-state index in [0.29, 0.717) is 0 Å². The Hall–Kier alpha value is -3.57. The maximum Gasteiger partial charge on any atom is 0.124 e. The van der Waals surface area contributed by atoms with Gasteiger partial charge in [-0.1, -0.05) is 91.0 Å². The van der Waals surface area contributed by atoms with Crippen LogP contribution in [0.15, 0.2) is 103 Å². The van der Waals surface area contributed by atoms with Crippen LogP contribution in [0.4, 0.5) is 0 Å². The van der Waals surface area contributed by atoms with Gasteiger partial charge in [0.2, 0.25) is 0 Å². The van der Waals surface area contributed by atoms with E-state index < -0.39 is 0 Å². The molecule has 7 aromatic rings. The summed E-state index contributed by atoms with van der Waals surface area (Å²) in [6.45, 7) is 4.48. The Bertz CT molecular complexity index is 1790. The fourth-order valence-corrected chi connectivity index (χ4v) is 8.52. The van der Waals surface area contributed by atoms with Crippen molar-refractivity contribution in [2.24, 2.45) is 0 Å². The number of thiazole rings is 1. The Kier molecular flexibility index (Phi) is 5.54. The molecule has 0 atom stereocenters. The molecule has 0 aliphatic heterocycles. The molecular formula is C33H23NS3. The molecule has 1 nitrogen and oxygen atoms in total. The van der Waals surface area contributed by atoms with Crippen LogP contribution in [0.3, 0.4) is 0 Å². The van der Waals surface area contributed by atoms with Crippen LogP contribution in [0, 0.1) is 13.8 Å². The normalized spacial score (nSPS) is 11.5. The average Bonchev–Trinajstić information content (AvgIpc) is 3.60. The van der Waals surface area contributed by atoms with Crippen molar-refractivity contribution in [3.05, 3.63) is 113 Å². The highest BCUT2D eigenvalue weighted by atomic mass is 32.1. The molecule has 0 radical (unpaired) electrons.